The standard InChI is InChI=1S/C23H25N5O3/c1-13(2)21(23(30)31-5)26-22(29)16-8-9-25-18(11-16)15-6-7-20-17(10-15)19(12-24)27-28(20)14(3)4/h6-11,13-14,21H,1-5H3,(H,26,29)/t21-/m0/s1. The van der Waals surface area contributed by atoms with Crippen LogP contribution in [0.5, 0.6) is 0 Å². The van der Waals surface area contributed by atoms with Gasteiger partial charge in [-0.15, -0.1) is 0 Å². The number of ether oxygens (including phenoxy) is 1. The summed E-state index contributed by atoms with van der Waals surface area (Å²) in [5.74, 6) is -1.00. The number of amides is 1. The molecule has 3 rings (SSSR count). The van der Waals surface area contributed by atoms with E-state index in [1.807, 2.05) is 50.6 Å². The van der Waals surface area contributed by atoms with Crippen LogP contribution >= 0.6 is 0 Å². The van der Waals surface area contributed by atoms with Crippen molar-refractivity contribution in [3.63, 3.8) is 0 Å². The summed E-state index contributed by atoms with van der Waals surface area (Å²) in [6.45, 7) is 7.67. The fraction of sp³-hybridized carbons (Fsp3) is 0.348. The van der Waals surface area contributed by atoms with Gasteiger partial charge in [0.25, 0.3) is 5.91 Å². The Balaban J connectivity index is 1.96. The maximum Gasteiger partial charge on any atom is 0.328 e. The number of carbonyl (C=O) groups excluding carboxylic acids is 2. The molecule has 2 aromatic heterocycles. The molecule has 0 spiro atoms. The van der Waals surface area contributed by atoms with Gasteiger partial charge in [0.05, 0.1) is 18.3 Å². The van der Waals surface area contributed by atoms with Gasteiger partial charge in [0.1, 0.15) is 12.1 Å². The third-order valence-electron chi connectivity index (χ3n) is 5.03. The van der Waals surface area contributed by atoms with Gasteiger partial charge in [-0.3, -0.25) is 14.5 Å². The van der Waals surface area contributed by atoms with E-state index in [0.717, 1.165) is 16.5 Å². The second-order valence-electron chi connectivity index (χ2n) is 7.88. The molecule has 160 valence electrons. The van der Waals surface area contributed by atoms with Crippen LogP contribution in [0.3, 0.4) is 0 Å². The maximum atomic E-state index is 12.8. The lowest BCUT2D eigenvalue weighted by Gasteiger charge is -2.19. The number of nitriles is 1. The van der Waals surface area contributed by atoms with Crippen molar-refractivity contribution in [1.29, 1.82) is 5.26 Å². The molecule has 1 amide bonds. The van der Waals surface area contributed by atoms with E-state index >= 15 is 0 Å². The minimum absolute atomic E-state index is 0.115. The largest absolute Gasteiger partial charge is 0.467 e. The molecule has 0 saturated carbocycles. The van der Waals surface area contributed by atoms with Crippen molar-refractivity contribution in [2.45, 2.75) is 39.8 Å². The molecule has 0 saturated heterocycles. The van der Waals surface area contributed by atoms with Crippen LogP contribution in [0.15, 0.2) is 36.5 Å². The summed E-state index contributed by atoms with van der Waals surface area (Å²) in [6.07, 6.45) is 1.54. The Labute approximate surface area is 180 Å². The SMILES string of the molecule is COC(=O)[C@@H](NC(=O)c1ccnc(-c2ccc3c(c2)c(C#N)nn3C(C)C)c1)C(C)C. The Bertz CT molecular complexity index is 1170. The first kappa shape index (κ1) is 22.0. The number of nitrogens with one attached hydrogen (secondary N) is 1. The summed E-state index contributed by atoms with van der Waals surface area (Å²) in [6, 6.07) is 10.4. The molecule has 0 fully saturated rings. The molecule has 8 nitrogen and oxygen atoms in total. The maximum absolute atomic E-state index is 12.8. The fourth-order valence-electron chi connectivity index (χ4n) is 3.36. The quantitative estimate of drug-likeness (QED) is 0.613. The highest BCUT2D eigenvalue weighted by Gasteiger charge is 2.25. The molecule has 1 atom stereocenters. The molecule has 1 aromatic carbocycles. The first-order chi connectivity index (χ1) is 14.8. The zero-order valence-corrected chi connectivity index (χ0v) is 18.2. The van der Waals surface area contributed by atoms with Crippen molar-refractivity contribution in [1.82, 2.24) is 20.1 Å². The van der Waals surface area contributed by atoms with Crippen LogP contribution in [0.2, 0.25) is 0 Å². The number of hydrogen-bond acceptors (Lipinski definition) is 6. The number of benzene rings is 1. The normalized spacial score (nSPS) is 12.1. The monoisotopic (exact) mass is 419 g/mol. The van der Waals surface area contributed by atoms with Crippen LogP contribution in [0.25, 0.3) is 22.2 Å². The molecule has 0 aliphatic carbocycles. The first-order valence-corrected chi connectivity index (χ1v) is 10.0. The van der Waals surface area contributed by atoms with E-state index in [0.29, 0.717) is 17.0 Å². The summed E-state index contributed by atoms with van der Waals surface area (Å²) in [5, 5.41) is 17.3. The van der Waals surface area contributed by atoms with Crippen molar-refractivity contribution >= 4 is 22.8 Å². The lowest BCUT2D eigenvalue weighted by Crippen LogP contribution is -2.45. The molecular formula is C23H25N5O3. The molecule has 2 heterocycles. The van der Waals surface area contributed by atoms with Gasteiger partial charge in [-0.25, -0.2) is 4.79 Å². The lowest BCUT2D eigenvalue weighted by molar-refractivity contribution is -0.144. The minimum atomic E-state index is -0.745. The number of methoxy groups -OCH3 is 1. The Kier molecular flexibility index (Phi) is 6.35. The molecule has 0 radical (unpaired) electrons. The highest BCUT2D eigenvalue weighted by molar-refractivity contribution is 5.98. The Morgan fingerprint density at radius 2 is 1.90 bits per heavy atom. The van der Waals surface area contributed by atoms with E-state index in [-0.39, 0.29) is 17.9 Å². The van der Waals surface area contributed by atoms with E-state index < -0.39 is 12.0 Å². The lowest BCUT2D eigenvalue weighted by atomic mass is 10.0. The fourth-order valence-corrected chi connectivity index (χ4v) is 3.36. The van der Waals surface area contributed by atoms with Crippen LogP contribution in [-0.2, 0) is 9.53 Å². The number of carbonyl (C=O) groups is 2. The molecule has 0 unspecified atom stereocenters. The zero-order chi connectivity index (χ0) is 22.7. The highest BCUT2D eigenvalue weighted by Crippen LogP contribution is 2.27. The molecule has 0 aliphatic heterocycles. The van der Waals surface area contributed by atoms with Gasteiger partial charge < -0.3 is 10.1 Å². The molecule has 1 N–H and O–H groups in total. The molecule has 0 aliphatic rings. The van der Waals surface area contributed by atoms with Crippen molar-refractivity contribution in [3.05, 3.63) is 47.8 Å². The number of rotatable bonds is 6. The molecule has 31 heavy (non-hydrogen) atoms. The Morgan fingerprint density at radius 3 is 2.52 bits per heavy atom. The third-order valence-corrected chi connectivity index (χ3v) is 5.03. The summed E-state index contributed by atoms with van der Waals surface area (Å²) in [5.41, 5.74) is 2.92. The number of nitrogens with zero attached hydrogens (tertiary/aromatic N) is 4. The van der Waals surface area contributed by atoms with E-state index in [2.05, 4.69) is 21.5 Å². The average molecular weight is 419 g/mol. The predicted molar refractivity (Wildman–Crippen MR) is 116 cm³/mol. The van der Waals surface area contributed by atoms with Gasteiger partial charge in [-0.2, -0.15) is 10.4 Å². The van der Waals surface area contributed by atoms with Gasteiger partial charge in [0, 0.05) is 28.8 Å². The highest BCUT2D eigenvalue weighted by atomic mass is 16.5. The van der Waals surface area contributed by atoms with Crippen molar-refractivity contribution in [2.24, 2.45) is 5.92 Å². The third kappa shape index (κ3) is 4.40. The van der Waals surface area contributed by atoms with Gasteiger partial charge in [0.15, 0.2) is 5.69 Å². The number of pyridine rings is 1. The van der Waals surface area contributed by atoms with Crippen molar-refractivity contribution in [2.75, 3.05) is 7.11 Å². The number of fused-ring (bicyclic) bond motifs is 1. The second-order valence-corrected chi connectivity index (χ2v) is 7.88. The van der Waals surface area contributed by atoms with Crippen molar-refractivity contribution < 1.29 is 14.3 Å². The van der Waals surface area contributed by atoms with Crippen LogP contribution in [0.1, 0.15) is 49.8 Å². The molecule has 3 aromatic rings. The summed E-state index contributed by atoms with van der Waals surface area (Å²) in [7, 11) is 1.29. The topological polar surface area (TPSA) is 110 Å². The second kappa shape index (κ2) is 8.96. The average Bonchev–Trinajstić information content (AvgIpc) is 3.15. The Morgan fingerprint density at radius 1 is 1.16 bits per heavy atom. The summed E-state index contributed by atoms with van der Waals surface area (Å²) < 4.78 is 6.60. The van der Waals surface area contributed by atoms with Gasteiger partial charge in [0.2, 0.25) is 0 Å². The van der Waals surface area contributed by atoms with E-state index in [4.69, 9.17) is 4.74 Å². The van der Waals surface area contributed by atoms with E-state index in [1.54, 1.807) is 18.3 Å². The molecular weight excluding hydrogens is 394 g/mol. The first-order valence-electron chi connectivity index (χ1n) is 10.0. The van der Waals surface area contributed by atoms with E-state index in [1.165, 1.54) is 7.11 Å². The van der Waals surface area contributed by atoms with Gasteiger partial charge in [-0.05, 0) is 44.0 Å². The molecule has 0 bridgehead atoms. The Hall–Kier alpha value is -3.73. The van der Waals surface area contributed by atoms with Crippen LogP contribution < -0.4 is 5.32 Å². The smallest absolute Gasteiger partial charge is 0.328 e. The van der Waals surface area contributed by atoms with Gasteiger partial charge >= 0.3 is 5.97 Å². The van der Waals surface area contributed by atoms with Crippen molar-refractivity contribution in [3.8, 4) is 17.3 Å². The molecule has 8 heteroatoms. The van der Waals surface area contributed by atoms with Gasteiger partial charge in [-0.1, -0.05) is 19.9 Å². The zero-order valence-electron chi connectivity index (χ0n) is 18.2. The van der Waals surface area contributed by atoms with E-state index in [9.17, 15) is 14.9 Å². The number of aromatic nitrogens is 3. The van der Waals surface area contributed by atoms with Crippen LogP contribution in [-0.4, -0.2) is 39.8 Å². The summed E-state index contributed by atoms with van der Waals surface area (Å²) >= 11 is 0. The predicted octanol–water partition coefficient (Wildman–Crippen LogP) is 3.48. The summed E-state index contributed by atoms with van der Waals surface area (Å²) in [4.78, 5) is 29.1. The number of esters is 1. The van der Waals surface area contributed by atoms with Crippen LogP contribution in [0.4, 0.5) is 0 Å². The van der Waals surface area contributed by atoms with Crippen LogP contribution in [0, 0.1) is 17.2 Å². The number of hydrogen-bond donors (Lipinski definition) is 1. The minimum Gasteiger partial charge on any atom is -0.467 e.